The van der Waals surface area contributed by atoms with Crippen LogP contribution in [0.25, 0.3) is 0 Å². The maximum Gasteiger partial charge on any atom is 0.255 e. The molecule has 21 heavy (non-hydrogen) atoms. The zero-order valence-electron chi connectivity index (χ0n) is 13.2. The molecular formula is C17H23N3O. The number of nitrogens with one attached hydrogen (secondary N) is 2. The Balaban J connectivity index is 2.24. The minimum atomic E-state index is -0.0424. The van der Waals surface area contributed by atoms with E-state index in [-0.39, 0.29) is 5.56 Å². The third-order valence-corrected chi connectivity index (χ3v) is 3.59. The zero-order chi connectivity index (χ0) is 15.4. The molecule has 0 radical (unpaired) electrons. The fourth-order valence-corrected chi connectivity index (χ4v) is 2.24. The molecule has 112 valence electrons. The monoisotopic (exact) mass is 285 g/mol. The van der Waals surface area contributed by atoms with Crippen molar-refractivity contribution < 1.29 is 0 Å². The summed E-state index contributed by atoms with van der Waals surface area (Å²) >= 11 is 0. The average molecular weight is 285 g/mol. The van der Waals surface area contributed by atoms with Crippen LogP contribution in [0.4, 0.5) is 11.6 Å². The summed E-state index contributed by atoms with van der Waals surface area (Å²) in [6.45, 7) is 8.23. The van der Waals surface area contributed by atoms with E-state index in [1.54, 1.807) is 0 Å². The van der Waals surface area contributed by atoms with Crippen LogP contribution in [0.15, 0.2) is 29.1 Å². The van der Waals surface area contributed by atoms with Crippen LogP contribution in [0, 0.1) is 19.8 Å². The number of aryl methyl sites for hydroxylation is 2. The summed E-state index contributed by atoms with van der Waals surface area (Å²) in [5, 5.41) is 3.18. The van der Waals surface area contributed by atoms with Gasteiger partial charge in [0, 0.05) is 16.9 Å². The molecule has 0 aliphatic carbocycles. The molecule has 2 aromatic rings. The van der Waals surface area contributed by atoms with Crippen molar-refractivity contribution in [2.45, 2.75) is 40.5 Å². The highest BCUT2D eigenvalue weighted by Crippen LogP contribution is 2.17. The van der Waals surface area contributed by atoms with Gasteiger partial charge in [0.25, 0.3) is 5.56 Å². The Morgan fingerprint density at radius 3 is 2.57 bits per heavy atom. The van der Waals surface area contributed by atoms with Gasteiger partial charge in [0.1, 0.15) is 0 Å². The lowest BCUT2D eigenvalue weighted by molar-refractivity contribution is 0.582. The molecule has 0 unspecified atom stereocenters. The molecule has 0 aliphatic rings. The molecule has 0 amide bonds. The van der Waals surface area contributed by atoms with E-state index < -0.39 is 0 Å². The Bertz CT molecular complexity index is 674. The molecule has 2 N–H and O–H groups in total. The van der Waals surface area contributed by atoms with Crippen LogP contribution in [-0.2, 0) is 6.42 Å². The third kappa shape index (κ3) is 3.94. The molecule has 1 aromatic carbocycles. The van der Waals surface area contributed by atoms with Crippen LogP contribution < -0.4 is 10.9 Å². The van der Waals surface area contributed by atoms with Crippen LogP contribution >= 0.6 is 0 Å². The molecule has 0 saturated heterocycles. The topological polar surface area (TPSA) is 57.8 Å². The first-order valence-electron chi connectivity index (χ1n) is 7.40. The Labute approximate surface area is 125 Å². The van der Waals surface area contributed by atoms with Gasteiger partial charge in [0.15, 0.2) is 0 Å². The van der Waals surface area contributed by atoms with E-state index in [1.807, 2.05) is 38.1 Å². The minimum Gasteiger partial charge on any atom is -0.325 e. The summed E-state index contributed by atoms with van der Waals surface area (Å²) in [4.78, 5) is 19.5. The Hall–Kier alpha value is -2.10. The second kappa shape index (κ2) is 6.57. The van der Waals surface area contributed by atoms with Crippen molar-refractivity contribution in [3.05, 3.63) is 51.4 Å². The predicted octanol–water partition coefficient (Wildman–Crippen LogP) is 3.72. The summed E-state index contributed by atoms with van der Waals surface area (Å²) in [7, 11) is 0. The molecule has 0 fully saturated rings. The smallest absolute Gasteiger partial charge is 0.255 e. The molecular weight excluding hydrogens is 262 g/mol. The first kappa shape index (κ1) is 15.3. The van der Waals surface area contributed by atoms with Crippen molar-refractivity contribution in [3.8, 4) is 0 Å². The van der Waals surface area contributed by atoms with E-state index in [0.717, 1.165) is 35.3 Å². The van der Waals surface area contributed by atoms with E-state index in [9.17, 15) is 4.79 Å². The quantitative estimate of drug-likeness (QED) is 0.880. The fraction of sp³-hybridized carbons (Fsp3) is 0.412. The van der Waals surface area contributed by atoms with Crippen molar-refractivity contribution in [3.63, 3.8) is 0 Å². The van der Waals surface area contributed by atoms with Crippen molar-refractivity contribution in [2.75, 3.05) is 5.32 Å². The molecule has 4 heteroatoms. The van der Waals surface area contributed by atoms with E-state index in [1.165, 1.54) is 0 Å². The molecule has 0 bridgehead atoms. The Morgan fingerprint density at radius 2 is 1.95 bits per heavy atom. The molecule has 1 heterocycles. The average Bonchev–Trinajstić information content (AvgIpc) is 2.40. The van der Waals surface area contributed by atoms with Gasteiger partial charge in [-0.1, -0.05) is 32.0 Å². The lowest BCUT2D eigenvalue weighted by atomic mass is 10.0. The maximum atomic E-state index is 12.2. The first-order chi connectivity index (χ1) is 9.97. The highest BCUT2D eigenvalue weighted by Gasteiger charge is 2.09. The number of para-hydroxylation sites is 1. The van der Waals surface area contributed by atoms with E-state index >= 15 is 0 Å². The van der Waals surface area contributed by atoms with Gasteiger partial charge in [-0.3, -0.25) is 9.78 Å². The maximum absolute atomic E-state index is 12.2. The number of nitrogens with zero attached hydrogens (tertiary/aromatic N) is 1. The van der Waals surface area contributed by atoms with Gasteiger partial charge in [0.05, 0.1) is 0 Å². The number of benzene rings is 1. The summed E-state index contributed by atoms with van der Waals surface area (Å²) < 4.78 is 0. The molecule has 2 rings (SSSR count). The molecule has 0 atom stereocenters. The van der Waals surface area contributed by atoms with Gasteiger partial charge in [-0.25, -0.2) is 4.98 Å². The van der Waals surface area contributed by atoms with Crippen molar-refractivity contribution in [1.82, 2.24) is 9.97 Å². The highest BCUT2D eigenvalue weighted by atomic mass is 16.1. The van der Waals surface area contributed by atoms with Crippen molar-refractivity contribution >= 4 is 11.6 Å². The predicted molar refractivity (Wildman–Crippen MR) is 87.2 cm³/mol. The first-order valence-corrected chi connectivity index (χ1v) is 7.40. The minimum absolute atomic E-state index is 0.0424. The van der Waals surface area contributed by atoms with Crippen molar-refractivity contribution in [2.24, 2.45) is 5.92 Å². The standard InChI is InChI=1S/C17H23N3O/c1-11(2)9-10-14-13(4)18-17(20-16(14)21)19-15-8-6-5-7-12(15)3/h5-8,11H,9-10H2,1-4H3,(H2,18,19,20,21). The van der Waals surface area contributed by atoms with Crippen LogP contribution in [-0.4, -0.2) is 9.97 Å². The summed E-state index contributed by atoms with van der Waals surface area (Å²) in [5.41, 5.74) is 3.62. The fourth-order valence-electron chi connectivity index (χ4n) is 2.24. The second-order valence-corrected chi connectivity index (χ2v) is 5.85. The van der Waals surface area contributed by atoms with Crippen LogP contribution in [0.1, 0.15) is 37.1 Å². The summed E-state index contributed by atoms with van der Waals surface area (Å²) in [5.74, 6) is 1.08. The SMILES string of the molecule is Cc1ccccc1Nc1nc(C)c(CCC(C)C)c(=O)[nH]1. The largest absolute Gasteiger partial charge is 0.325 e. The van der Waals surface area contributed by atoms with E-state index in [4.69, 9.17) is 0 Å². The van der Waals surface area contributed by atoms with Crippen LogP contribution in [0.3, 0.4) is 0 Å². The van der Waals surface area contributed by atoms with Gasteiger partial charge in [-0.05, 0) is 44.2 Å². The van der Waals surface area contributed by atoms with Gasteiger partial charge in [-0.15, -0.1) is 0 Å². The van der Waals surface area contributed by atoms with E-state index in [2.05, 4.69) is 29.1 Å². The van der Waals surface area contributed by atoms with Gasteiger partial charge < -0.3 is 5.32 Å². The number of rotatable bonds is 5. The number of H-pyrrole nitrogens is 1. The molecule has 1 aromatic heterocycles. The Kier molecular flexibility index (Phi) is 4.78. The number of hydrogen-bond donors (Lipinski definition) is 2. The molecule has 0 aliphatic heterocycles. The summed E-state index contributed by atoms with van der Waals surface area (Å²) in [6, 6.07) is 7.93. The van der Waals surface area contributed by atoms with Crippen molar-refractivity contribution in [1.29, 1.82) is 0 Å². The van der Waals surface area contributed by atoms with Gasteiger partial charge in [-0.2, -0.15) is 0 Å². The normalized spacial score (nSPS) is 10.9. The number of aromatic amines is 1. The molecule has 4 nitrogen and oxygen atoms in total. The lowest BCUT2D eigenvalue weighted by Crippen LogP contribution is -2.19. The van der Waals surface area contributed by atoms with Crippen LogP contribution in [0.5, 0.6) is 0 Å². The van der Waals surface area contributed by atoms with Gasteiger partial charge >= 0.3 is 0 Å². The zero-order valence-corrected chi connectivity index (χ0v) is 13.2. The second-order valence-electron chi connectivity index (χ2n) is 5.85. The molecule has 0 spiro atoms. The van der Waals surface area contributed by atoms with Crippen LogP contribution in [0.2, 0.25) is 0 Å². The number of anilines is 2. The lowest BCUT2D eigenvalue weighted by Gasteiger charge is -2.11. The van der Waals surface area contributed by atoms with E-state index in [0.29, 0.717) is 11.9 Å². The third-order valence-electron chi connectivity index (χ3n) is 3.59. The highest BCUT2D eigenvalue weighted by molar-refractivity contribution is 5.57. The molecule has 0 saturated carbocycles. The number of aromatic nitrogens is 2. The summed E-state index contributed by atoms with van der Waals surface area (Å²) in [6.07, 6.45) is 1.77. The Morgan fingerprint density at radius 1 is 1.24 bits per heavy atom. The van der Waals surface area contributed by atoms with Gasteiger partial charge in [0.2, 0.25) is 5.95 Å². The number of hydrogen-bond acceptors (Lipinski definition) is 3.